The SMILES string of the molecule is CCc1ccccc1OCC(CO)NC(C)C. The fraction of sp³-hybridized carbons (Fsp3) is 0.571. The van der Waals surface area contributed by atoms with Crippen LogP contribution in [-0.4, -0.2) is 30.4 Å². The zero-order chi connectivity index (χ0) is 12.7. The molecule has 0 aliphatic carbocycles. The van der Waals surface area contributed by atoms with Gasteiger partial charge in [-0.2, -0.15) is 0 Å². The summed E-state index contributed by atoms with van der Waals surface area (Å²) in [6, 6.07) is 8.36. The average Bonchev–Trinajstić information content (AvgIpc) is 2.34. The van der Waals surface area contributed by atoms with Crippen LogP contribution in [0.3, 0.4) is 0 Å². The standard InChI is InChI=1S/C14H23NO2/c1-4-12-7-5-6-8-14(12)17-10-13(9-16)15-11(2)3/h5-8,11,13,15-16H,4,9-10H2,1-3H3. The van der Waals surface area contributed by atoms with Crippen molar-refractivity contribution in [2.75, 3.05) is 13.2 Å². The van der Waals surface area contributed by atoms with Crippen LogP contribution in [0.25, 0.3) is 0 Å². The Morgan fingerprint density at radius 3 is 2.59 bits per heavy atom. The minimum absolute atomic E-state index is 0.0140. The van der Waals surface area contributed by atoms with E-state index in [-0.39, 0.29) is 12.6 Å². The molecule has 0 fully saturated rings. The summed E-state index contributed by atoms with van der Waals surface area (Å²) >= 11 is 0. The summed E-state index contributed by atoms with van der Waals surface area (Å²) in [5.41, 5.74) is 1.20. The van der Waals surface area contributed by atoms with E-state index in [2.05, 4.69) is 32.2 Å². The Hall–Kier alpha value is -1.06. The van der Waals surface area contributed by atoms with Gasteiger partial charge in [0.1, 0.15) is 12.4 Å². The van der Waals surface area contributed by atoms with Gasteiger partial charge in [-0.15, -0.1) is 0 Å². The highest BCUT2D eigenvalue weighted by Crippen LogP contribution is 2.18. The van der Waals surface area contributed by atoms with Crippen molar-refractivity contribution in [3.63, 3.8) is 0 Å². The number of aliphatic hydroxyl groups excluding tert-OH is 1. The van der Waals surface area contributed by atoms with Crippen molar-refractivity contribution in [2.45, 2.75) is 39.3 Å². The number of aliphatic hydroxyl groups is 1. The molecule has 1 atom stereocenters. The Kier molecular flexibility index (Phi) is 6.01. The molecule has 1 unspecified atom stereocenters. The summed E-state index contributed by atoms with van der Waals surface area (Å²) in [7, 11) is 0. The van der Waals surface area contributed by atoms with Crippen LogP contribution >= 0.6 is 0 Å². The topological polar surface area (TPSA) is 41.5 Å². The molecule has 0 spiro atoms. The van der Waals surface area contributed by atoms with E-state index in [1.54, 1.807) is 0 Å². The maximum absolute atomic E-state index is 9.24. The maximum atomic E-state index is 9.24. The Morgan fingerprint density at radius 2 is 2.00 bits per heavy atom. The zero-order valence-corrected chi connectivity index (χ0v) is 10.9. The van der Waals surface area contributed by atoms with E-state index in [0.29, 0.717) is 12.6 Å². The Bertz CT molecular complexity index is 326. The number of hydrogen-bond donors (Lipinski definition) is 2. The lowest BCUT2D eigenvalue weighted by molar-refractivity contribution is 0.176. The van der Waals surface area contributed by atoms with Crippen molar-refractivity contribution in [3.05, 3.63) is 29.8 Å². The van der Waals surface area contributed by atoms with Crippen LogP contribution in [0.15, 0.2) is 24.3 Å². The molecule has 0 saturated carbocycles. The van der Waals surface area contributed by atoms with E-state index >= 15 is 0 Å². The molecule has 3 heteroatoms. The summed E-state index contributed by atoms with van der Waals surface area (Å²) in [5, 5.41) is 12.5. The van der Waals surface area contributed by atoms with Crippen molar-refractivity contribution in [2.24, 2.45) is 0 Å². The summed E-state index contributed by atoms with van der Waals surface area (Å²) in [5.74, 6) is 0.916. The molecule has 0 amide bonds. The lowest BCUT2D eigenvalue weighted by Gasteiger charge is -2.20. The zero-order valence-electron chi connectivity index (χ0n) is 10.9. The van der Waals surface area contributed by atoms with Crippen molar-refractivity contribution < 1.29 is 9.84 Å². The Balaban J connectivity index is 2.53. The molecular formula is C14H23NO2. The van der Waals surface area contributed by atoms with Crippen LogP contribution in [0, 0.1) is 0 Å². The largest absolute Gasteiger partial charge is 0.492 e. The van der Waals surface area contributed by atoms with Crippen molar-refractivity contribution in [3.8, 4) is 5.75 Å². The van der Waals surface area contributed by atoms with Gasteiger partial charge >= 0.3 is 0 Å². The number of ether oxygens (including phenoxy) is 1. The van der Waals surface area contributed by atoms with Crippen LogP contribution in [0.1, 0.15) is 26.3 Å². The smallest absolute Gasteiger partial charge is 0.122 e. The monoisotopic (exact) mass is 237 g/mol. The third-order valence-corrected chi connectivity index (χ3v) is 2.58. The van der Waals surface area contributed by atoms with Crippen molar-refractivity contribution in [1.82, 2.24) is 5.32 Å². The lowest BCUT2D eigenvalue weighted by Crippen LogP contribution is -2.41. The minimum Gasteiger partial charge on any atom is -0.492 e. The van der Waals surface area contributed by atoms with Gasteiger partial charge in [0.15, 0.2) is 0 Å². The molecule has 96 valence electrons. The highest BCUT2D eigenvalue weighted by atomic mass is 16.5. The first kappa shape index (κ1) is 14.0. The predicted molar refractivity (Wildman–Crippen MR) is 70.5 cm³/mol. The molecule has 0 aliphatic rings. The fourth-order valence-electron chi connectivity index (χ4n) is 1.75. The molecule has 1 aromatic carbocycles. The fourth-order valence-corrected chi connectivity index (χ4v) is 1.75. The van der Waals surface area contributed by atoms with Gasteiger partial charge in [-0.1, -0.05) is 39.0 Å². The van der Waals surface area contributed by atoms with Crippen molar-refractivity contribution in [1.29, 1.82) is 0 Å². The number of para-hydroxylation sites is 1. The molecular weight excluding hydrogens is 214 g/mol. The first-order chi connectivity index (χ1) is 8.17. The molecule has 0 saturated heterocycles. The minimum atomic E-state index is -0.0140. The third kappa shape index (κ3) is 4.75. The summed E-state index contributed by atoms with van der Waals surface area (Å²) < 4.78 is 5.76. The highest BCUT2D eigenvalue weighted by Gasteiger charge is 2.10. The van der Waals surface area contributed by atoms with Gasteiger partial charge in [-0.3, -0.25) is 0 Å². The number of benzene rings is 1. The summed E-state index contributed by atoms with van der Waals surface area (Å²) in [6.07, 6.45) is 0.956. The molecule has 2 N–H and O–H groups in total. The van der Waals surface area contributed by atoms with Gasteiger partial charge in [0.25, 0.3) is 0 Å². The number of nitrogens with one attached hydrogen (secondary N) is 1. The van der Waals surface area contributed by atoms with E-state index in [1.807, 2.05) is 18.2 Å². The van der Waals surface area contributed by atoms with Crippen LogP contribution in [0.2, 0.25) is 0 Å². The van der Waals surface area contributed by atoms with Crippen LogP contribution in [0.5, 0.6) is 5.75 Å². The van der Waals surface area contributed by atoms with Crippen molar-refractivity contribution >= 4 is 0 Å². The first-order valence-corrected chi connectivity index (χ1v) is 6.25. The van der Waals surface area contributed by atoms with E-state index < -0.39 is 0 Å². The quantitative estimate of drug-likeness (QED) is 0.762. The van der Waals surface area contributed by atoms with E-state index in [0.717, 1.165) is 12.2 Å². The summed E-state index contributed by atoms with van der Waals surface area (Å²) in [6.45, 7) is 6.81. The number of aryl methyl sites for hydroxylation is 1. The molecule has 3 nitrogen and oxygen atoms in total. The van der Waals surface area contributed by atoms with E-state index in [1.165, 1.54) is 5.56 Å². The molecule has 17 heavy (non-hydrogen) atoms. The molecule has 1 rings (SSSR count). The average molecular weight is 237 g/mol. The van der Waals surface area contributed by atoms with Crippen LogP contribution in [0.4, 0.5) is 0 Å². The normalized spacial score (nSPS) is 12.8. The first-order valence-electron chi connectivity index (χ1n) is 6.25. The Morgan fingerprint density at radius 1 is 1.29 bits per heavy atom. The molecule has 0 heterocycles. The van der Waals surface area contributed by atoms with Crippen LogP contribution in [-0.2, 0) is 6.42 Å². The number of hydrogen-bond acceptors (Lipinski definition) is 3. The van der Waals surface area contributed by atoms with Gasteiger partial charge in [0.05, 0.1) is 12.6 Å². The second-order valence-corrected chi connectivity index (χ2v) is 4.47. The third-order valence-electron chi connectivity index (χ3n) is 2.58. The van der Waals surface area contributed by atoms with Gasteiger partial charge in [0, 0.05) is 6.04 Å². The summed E-state index contributed by atoms with van der Waals surface area (Å²) in [4.78, 5) is 0. The Labute approximate surface area is 104 Å². The van der Waals surface area contributed by atoms with E-state index in [4.69, 9.17) is 4.74 Å². The van der Waals surface area contributed by atoms with Gasteiger partial charge < -0.3 is 15.2 Å². The predicted octanol–water partition coefficient (Wildman–Crippen LogP) is 1.99. The molecule has 0 aliphatic heterocycles. The molecule has 0 aromatic heterocycles. The van der Waals surface area contributed by atoms with E-state index in [9.17, 15) is 5.11 Å². The van der Waals surface area contributed by atoms with Gasteiger partial charge in [-0.05, 0) is 18.1 Å². The second-order valence-electron chi connectivity index (χ2n) is 4.47. The maximum Gasteiger partial charge on any atom is 0.122 e. The second kappa shape index (κ2) is 7.30. The molecule has 0 radical (unpaired) electrons. The van der Waals surface area contributed by atoms with Gasteiger partial charge in [-0.25, -0.2) is 0 Å². The van der Waals surface area contributed by atoms with Crippen LogP contribution < -0.4 is 10.1 Å². The van der Waals surface area contributed by atoms with Gasteiger partial charge in [0.2, 0.25) is 0 Å². The molecule has 0 bridgehead atoms. The molecule has 1 aromatic rings. The highest BCUT2D eigenvalue weighted by molar-refractivity contribution is 5.33. The number of rotatable bonds is 7. The lowest BCUT2D eigenvalue weighted by atomic mass is 10.1.